The van der Waals surface area contributed by atoms with Gasteiger partial charge in [0, 0.05) is 22.0 Å². The Morgan fingerprint density at radius 3 is 2.87 bits per heavy atom. The minimum absolute atomic E-state index is 0.113. The van der Waals surface area contributed by atoms with Crippen molar-refractivity contribution in [3.63, 3.8) is 0 Å². The fraction of sp³-hybridized carbons (Fsp3) is 0.118. The molecular weight excluding hydrogens is 330 g/mol. The maximum Gasteiger partial charge on any atom is 0.348 e. The van der Waals surface area contributed by atoms with E-state index in [0.29, 0.717) is 10.4 Å². The number of fused-ring (bicyclic) bond motifs is 1. The summed E-state index contributed by atoms with van der Waals surface area (Å²) in [7, 11) is 1.35. The Labute approximate surface area is 141 Å². The Balaban J connectivity index is 1.95. The lowest BCUT2D eigenvalue weighted by molar-refractivity contribution is 0.0605. The number of allylic oxidation sites excluding steroid dienone is 1. The zero-order valence-corrected chi connectivity index (χ0v) is 14.2. The molecule has 0 saturated heterocycles. The van der Waals surface area contributed by atoms with Crippen LogP contribution >= 0.6 is 22.7 Å². The number of aryl methyl sites for hydroxylation is 1. The Morgan fingerprint density at radius 2 is 2.17 bits per heavy atom. The summed E-state index contributed by atoms with van der Waals surface area (Å²) in [6, 6.07) is 5.66. The molecule has 23 heavy (non-hydrogen) atoms. The Kier molecular flexibility index (Phi) is 4.36. The van der Waals surface area contributed by atoms with Gasteiger partial charge in [0.15, 0.2) is 5.78 Å². The third kappa shape index (κ3) is 3.09. The van der Waals surface area contributed by atoms with Crippen molar-refractivity contribution in [3.05, 3.63) is 56.7 Å². The van der Waals surface area contributed by atoms with Crippen LogP contribution in [0.25, 0.3) is 16.3 Å². The lowest BCUT2D eigenvalue weighted by Crippen LogP contribution is -1.99. The predicted molar refractivity (Wildman–Crippen MR) is 93.4 cm³/mol. The molecule has 0 spiro atoms. The van der Waals surface area contributed by atoms with Gasteiger partial charge >= 0.3 is 5.97 Å². The average molecular weight is 343 g/mol. The van der Waals surface area contributed by atoms with Gasteiger partial charge in [0.2, 0.25) is 0 Å². The van der Waals surface area contributed by atoms with Gasteiger partial charge in [-0.2, -0.15) is 0 Å². The van der Waals surface area contributed by atoms with Crippen LogP contribution in [0, 0.1) is 6.92 Å². The molecule has 0 aliphatic rings. The van der Waals surface area contributed by atoms with E-state index in [1.807, 2.05) is 24.4 Å². The molecule has 0 aliphatic heterocycles. The van der Waals surface area contributed by atoms with Crippen LogP contribution < -0.4 is 0 Å². The molecule has 0 aliphatic carbocycles. The third-order valence-electron chi connectivity index (χ3n) is 3.39. The van der Waals surface area contributed by atoms with Crippen LogP contribution in [0.1, 0.15) is 30.5 Å². The lowest BCUT2D eigenvalue weighted by atomic mass is 10.1. The molecule has 3 rings (SSSR count). The van der Waals surface area contributed by atoms with Crippen molar-refractivity contribution in [2.24, 2.45) is 0 Å². The normalized spacial score (nSPS) is 11.2. The molecule has 0 aromatic carbocycles. The second kappa shape index (κ2) is 6.44. The maximum absolute atomic E-state index is 12.3. The number of ketones is 1. The first kappa shape index (κ1) is 15.6. The fourth-order valence-electron chi connectivity index (χ4n) is 2.16. The van der Waals surface area contributed by atoms with Crippen molar-refractivity contribution in [3.8, 4) is 0 Å². The zero-order chi connectivity index (χ0) is 16.4. The number of aromatic nitrogens is 1. The molecule has 3 aromatic rings. The maximum atomic E-state index is 12.3. The standard InChI is InChI=1S/C17H13NO3S2/c1-10-13-8-11(14(19)6-5-12-4-3-7-22-12)9-18-16(13)23-15(10)17(20)21-2/h3-9H,1-2H3. The lowest BCUT2D eigenvalue weighted by Gasteiger charge is -1.98. The van der Waals surface area contributed by atoms with Gasteiger partial charge in [0.1, 0.15) is 9.71 Å². The number of esters is 1. The molecule has 0 atom stereocenters. The number of ether oxygens (including phenoxy) is 1. The van der Waals surface area contributed by atoms with Crippen molar-refractivity contribution in [2.45, 2.75) is 6.92 Å². The van der Waals surface area contributed by atoms with E-state index in [9.17, 15) is 9.59 Å². The minimum atomic E-state index is -0.379. The van der Waals surface area contributed by atoms with Gasteiger partial charge < -0.3 is 4.74 Å². The Hall–Kier alpha value is -2.31. The minimum Gasteiger partial charge on any atom is -0.465 e. The second-order valence-corrected chi connectivity index (χ2v) is 6.82. The average Bonchev–Trinajstić information content (AvgIpc) is 3.20. The molecule has 3 heterocycles. The smallest absolute Gasteiger partial charge is 0.348 e. The van der Waals surface area contributed by atoms with Crippen LogP contribution in [0.15, 0.2) is 35.9 Å². The summed E-state index contributed by atoms with van der Waals surface area (Å²) >= 11 is 2.84. The number of hydrogen-bond acceptors (Lipinski definition) is 6. The van der Waals surface area contributed by atoms with Crippen LogP contribution in [-0.4, -0.2) is 23.8 Å². The number of methoxy groups -OCH3 is 1. The summed E-state index contributed by atoms with van der Waals surface area (Å²) in [5, 5.41) is 2.77. The first-order valence-corrected chi connectivity index (χ1v) is 8.53. The summed E-state index contributed by atoms with van der Waals surface area (Å²) in [4.78, 5) is 30.6. The molecule has 116 valence electrons. The molecule has 0 bridgehead atoms. The number of pyridine rings is 1. The number of carbonyl (C=O) groups is 2. The molecule has 3 aromatic heterocycles. The van der Waals surface area contributed by atoms with Crippen molar-refractivity contribution in [2.75, 3.05) is 7.11 Å². The molecule has 0 unspecified atom stereocenters. The van der Waals surface area contributed by atoms with E-state index in [1.54, 1.807) is 29.7 Å². The number of hydrogen-bond donors (Lipinski definition) is 0. The molecule has 0 saturated carbocycles. The predicted octanol–water partition coefficient (Wildman–Crippen LogP) is 4.35. The third-order valence-corrected chi connectivity index (χ3v) is 5.43. The van der Waals surface area contributed by atoms with Crippen LogP contribution in [0.2, 0.25) is 0 Å². The van der Waals surface area contributed by atoms with Gasteiger partial charge in [-0.3, -0.25) is 4.79 Å². The highest BCUT2D eigenvalue weighted by molar-refractivity contribution is 7.20. The Morgan fingerprint density at radius 1 is 1.35 bits per heavy atom. The van der Waals surface area contributed by atoms with E-state index in [-0.39, 0.29) is 11.8 Å². The number of carbonyl (C=O) groups excluding carboxylic acids is 2. The summed E-state index contributed by atoms with van der Waals surface area (Å²) in [5.74, 6) is -0.492. The van der Waals surface area contributed by atoms with Crippen LogP contribution in [0.3, 0.4) is 0 Å². The molecular formula is C17H13NO3S2. The highest BCUT2D eigenvalue weighted by Gasteiger charge is 2.17. The number of thiophene rings is 2. The van der Waals surface area contributed by atoms with E-state index in [4.69, 9.17) is 4.74 Å². The van der Waals surface area contributed by atoms with Crippen LogP contribution in [0.4, 0.5) is 0 Å². The summed E-state index contributed by atoms with van der Waals surface area (Å²) in [6.07, 6.45) is 4.87. The van der Waals surface area contributed by atoms with E-state index >= 15 is 0 Å². The monoisotopic (exact) mass is 343 g/mol. The first-order valence-electron chi connectivity index (χ1n) is 6.83. The summed E-state index contributed by atoms with van der Waals surface area (Å²) in [6.45, 7) is 1.84. The Bertz CT molecular complexity index is 907. The van der Waals surface area contributed by atoms with Gasteiger partial charge in [0.25, 0.3) is 0 Å². The van der Waals surface area contributed by atoms with Crippen LogP contribution in [-0.2, 0) is 4.74 Å². The topological polar surface area (TPSA) is 56.3 Å². The van der Waals surface area contributed by atoms with E-state index < -0.39 is 0 Å². The van der Waals surface area contributed by atoms with Gasteiger partial charge in [-0.15, -0.1) is 22.7 Å². The quantitative estimate of drug-likeness (QED) is 0.401. The SMILES string of the molecule is COC(=O)c1sc2ncc(C(=O)C=Cc3cccs3)cc2c1C. The molecule has 4 nitrogen and oxygen atoms in total. The number of nitrogens with zero attached hydrogens (tertiary/aromatic N) is 1. The van der Waals surface area contributed by atoms with E-state index in [0.717, 1.165) is 20.7 Å². The van der Waals surface area contributed by atoms with E-state index in [2.05, 4.69) is 4.98 Å². The molecule has 6 heteroatoms. The highest BCUT2D eigenvalue weighted by Crippen LogP contribution is 2.30. The largest absolute Gasteiger partial charge is 0.465 e. The van der Waals surface area contributed by atoms with Gasteiger partial charge in [-0.1, -0.05) is 6.07 Å². The van der Waals surface area contributed by atoms with Gasteiger partial charge in [0.05, 0.1) is 7.11 Å². The van der Waals surface area contributed by atoms with Gasteiger partial charge in [-0.05, 0) is 42.2 Å². The summed E-state index contributed by atoms with van der Waals surface area (Å²) in [5.41, 5.74) is 1.30. The molecule has 0 amide bonds. The van der Waals surface area contributed by atoms with Crippen molar-refractivity contribution < 1.29 is 14.3 Å². The fourth-order valence-corrected chi connectivity index (χ4v) is 3.83. The van der Waals surface area contributed by atoms with E-state index in [1.165, 1.54) is 24.5 Å². The molecule has 0 N–H and O–H groups in total. The number of rotatable bonds is 4. The highest BCUT2D eigenvalue weighted by atomic mass is 32.1. The molecule has 0 fully saturated rings. The van der Waals surface area contributed by atoms with Crippen LogP contribution in [0.5, 0.6) is 0 Å². The van der Waals surface area contributed by atoms with Crippen molar-refractivity contribution in [1.29, 1.82) is 0 Å². The summed E-state index contributed by atoms with van der Waals surface area (Å²) < 4.78 is 4.77. The first-order chi connectivity index (χ1) is 11.1. The zero-order valence-electron chi connectivity index (χ0n) is 12.5. The van der Waals surface area contributed by atoms with Gasteiger partial charge in [-0.25, -0.2) is 9.78 Å². The second-order valence-electron chi connectivity index (χ2n) is 4.84. The van der Waals surface area contributed by atoms with Crippen molar-refractivity contribution in [1.82, 2.24) is 4.98 Å². The molecule has 0 radical (unpaired) electrons. The van der Waals surface area contributed by atoms with Crippen molar-refractivity contribution >= 4 is 50.7 Å².